The van der Waals surface area contributed by atoms with Gasteiger partial charge in [-0.2, -0.15) is 0 Å². The molecule has 98 valence electrons. The first kappa shape index (κ1) is 13.5. The van der Waals surface area contributed by atoms with Crippen LogP contribution >= 0.6 is 0 Å². The van der Waals surface area contributed by atoms with Gasteiger partial charge in [0.05, 0.1) is 0 Å². The van der Waals surface area contributed by atoms with E-state index in [0.717, 1.165) is 29.5 Å². The molecule has 0 heterocycles. The van der Waals surface area contributed by atoms with E-state index < -0.39 is 0 Å². The predicted octanol–water partition coefficient (Wildman–Crippen LogP) is 3.48. The molecule has 0 saturated carbocycles. The second kappa shape index (κ2) is 6.30. The van der Waals surface area contributed by atoms with Crippen LogP contribution in [0.25, 0.3) is 11.1 Å². The third-order valence-electron chi connectivity index (χ3n) is 3.15. The van der Waals surface area contributed by atoms with Crippen LogP contribution in [-0.2, 0) is 6.42 Å². The second-order valence-corrected chi connectivity index (χ2v) is 4.66. The zero-order chi connectivity index (χ0) is 13.7. The molecule has 0 saturated heterocycles. The fraction of sp³-hybridized carbons (Fsp3) is 0.235. The minimum absolute atomic E-state index is 0.0817. The Morgan fingerprint density at radius 3 is 2.42 bits per heavy atom. The van der Waals surface area contributed by atoms with Crippen LogP contribution in [0, 0.1) is 0 Å². The van der Waals surface area contributed by atoms with E-state index in [2.05, 4.69) is 12.1 Å². The lowest BCUT2D eigenvalue weighted by Gasteiger charge is -2.06. The van der Waals surface area contributed by atoms with Gasteiger partial charge >= 0.3 is 0 Å². The summed E-state index contributed by atoms with van der Waals surface area (Å²) in [5.74, 6) is 0.0817. The second-order valence-electron chi connectivity index (χ2n) is 4.66. The fourth-order valence-electron chi connectivity index (χ4n) is 2.11. The number of rotatable bonds is 5. The Labute approximate surface area is 113 Å². The van der Waals surface area contributed by atoms with E-state index in [9.17, 15) is 4.79 Å². The Kier molecular flexibility index (Phi) is 4.48. The SMILES string of the molecule is CC(=O)c1cccc(-c2cccc(CCCO)c2)c1. The first-order valence-electron chi connectivity index (χ1n) is 6.52. The highest BCUT2D eigenvalue weighted by molar-refractivity contribution is 5.95. The van der Waals surface area contributed by atoms with Gasteiger partial charge in [0.25, 0.3) is 0 Å². The molecule has 19 heavy (non-hydrogen) atoms. The molecule has 2 nitrogen and oxygen atoms in total. The molecule has 2 rings (SSSR count). The summed E-state index contributed by atoms with van der Waals surface area (Å²) in [5.41, 5.74) is 4.11. The zero-order valence-electron chi connectivity index (χ0n) is 11.1. The Bertz CT molecular complexity index is 573. The number of Topliss-reactive ketones (excluding diaryl/α,β-unsaturated/α-hetero) is 1. The average molecular weight is 254 g/mol. The van der Waals surface area contributed by atoms with Gasteiger partial charge in [0.15, 0.2) is 5.78 Å². The van der Waals surface area contributed by atoms with E-state index in [1.54, 1.807) is 6.92 Å². The lowest BCUT2D eigenvalue weighted by atomic mass is 9.99. The molecule has 0 aromatic heterocycles. The molecule has 0 aliphatic carbocycles. The zero-order valence-corrected chi connectivity index (χ0v) is 11.1. The summed E-state index contributed by atoms with van der Waals surface area (Å²) >= 11 is 0. The quantitative estimate of drug-likeness (QED) is 0.829. The first-order chi connectivity index (χ1) is 9.20. The minimum Gasteiger partial charge on any atom is -0.396 e. The predicted molar refractivity (Wildman–Crippen MR) is 77.3 cm³/mol. The van der Waals surface area contributed by atoms with Crippen molar-refractivity contribution in [1.82, 2.24) is 0 Å². The maximum atomic E-state index is 11.4. The molecule has 2 aromatic rings. The van der Waals surface area contributed by atoms with Crippen molar-refractivity contribution in [3.8, 4) is 11.1 Å². The maximum Gasteiger partial charge on any atom is 0.159 e. The molecule has 1 N–H and O–H groups in total. The summed E-state index contributed by atoms with van der Waals surface area (Å²) in [6.45, 7) is 1.79. The van der Waals surface area contributed by atoms with Crippen LogP contribution in [0.3, 0.4) is 0 Å². The van der Waals surface area contributed by atoms with Gasteiger partial charge in [0, 0.05) is 12.2 Å². The number of ketones is 1. The molecule has 0 spiro atoms. The van der Waals surface area contributed by atoms with Crippen LogP contribution in [0.4, 0.5) is 0 Å². The van der Waals surface area contributed by atoms with Crippen LogP contribution in [-0.4, -0.2) is 17.5 Å². The van der Waals surface area contributed by atoms with Gasteiger partial charge < -0.3 is 5.11 Å². The summed E-state index contributed by atoms with van der Waals surface area (Å²) in [7, 11) is 0. The summed E-state index contributed by atoms with van der Waals surface area (Å²) in [6.07, 6.45) is 1.65. The van der Waals surface area contributed by atoms with Crippen molar-refractivity contribution < 1.29 is 9.90 Å². The molecule has 0 radical (unpaired) electrons. The Morgan fingerprint density at radius 1 is 1.05 bits per heavy atom. The molecule has 2 aromatic carbocycles. The molecule has 2 heteroatoms. The molecular weight excluding hydrogens is 236 g/mol. The Hall–Kier alpha value is -1.93. The number of carbonyl (C=O) groups is 1. The lowest BCUT2D eigenvalue weighted by Crippen LogP contribution is -1.93. The number of hydrogen-bond acceptors (Lipinski definition) is 2. The third-order valence-corrected chi connectivity index (χ3v) is 3.15. The fourth-order valence-corrected chi connectivity index (χ4v) is 2.11. The molecule has 0 amide bonds. The van der Waals surface area contributed by atoms with Crippen LogP contribution in [0.2, 0.25) is 0 Å². The number of carbonyl (C=O) groups excluding carboxylic acids is 1. The summed E-state index contributed by atoms with van der Waals surface area (Å²) < 4.78 is 0. The summed E-state index contributed by atoms with van der Waals surface area (Å²) in [4.78, 5) is 11.4. The maximum absolute atomic E-state index is 11.4. The van der Waals surface area contributed by atoms with Crippen molar-refractivity contribution in [3.05, 3.63) is 59.7 Å². The first-order valence-corrected chi connectivity index (χ1v) is 6.52. The number of aliphatic hydroxyl groups excluding tert-OH is 1. The highest BCUT2D eigenvalue weighted by Gasteiger charge is 2.03. The van der Waals surface area contributed by atoms with E-state index in [1.165, 1.54) is 5.56 Å². The van der Waals surface area contributed by atoms with Gasteiger partial charge in [-0.3, -0.25) is 4.79 Å². The molecule has 0 aliphatic heterocycles. The summed E-state index contributed by atoms with van der Waals surface area (Å²) in [5, 5.41) is 8.87. The number of aliphatic hydroxyl groups is 1. The molecule has 0 fully saturated rings. The highest BCUT2D eigenvalue weighted by atomic mass is 16.2. The molecule has 0 aliphatic rings. The smallest absolute Gasteiger partial charge is 0.159 e. The van der Waals surface area contributed by atoms with E-state index >= 15 is 0 Å². The number of benzene rings is 2. The number of hydrogen-bond donors (Lipinski definition) is 1. The van der Waals surface area contributed by atoms with E-state index in [-0.39, 0.29) is 12.4 Å². The van der Waals surface area contributed by atoms with Gasteiger partial charge in [0.1, 0.15) is 0 Å². The van der Waals surface area contributed by atoms with Crippen LogP contribution in [0.1, 0.15) is 29.3 Å². The summed E-state index contributed by atoms with van der Waals surface area (Å²) in [6, 6.07) is 15.9. The third kappa shape index (κ3) is 3.52. The van der Waals surface area contributed by atoms with Crippen molar-refractivity contribution in [2.75, 3.05) is 6.61 Å². The highest BCUT2D eigenvalue weighted by Crippen LogP contribution is 2.22. The molecule has 0 atom stereocenters. The monoisotopic (exact) mass is 254 g/mol. The normalized spacial score (nSPS) is 10.4. The number of aryl methyl sites for hydroxylation is 1. The largest absolute Gasteiger partial charge is 0.396 e. The topological polar surface area (TPSA) is 37.3 Å². The van der Waals surface area contributed by atoms with E-state index in [1.807, 2.05) is 36.4 Å². The molecule has 0 unspecified atom stereocenters. The van der Waals surface area contributed by atoms with Crippen molar-refractivity contribution >= 4 is 5.78 Å². The van der Waals surface area contributed by atoms with Gasteiger partial charge in [-0.15, -0.1) is 0 Å². The van der Waals surface area contributed by atoms with Crippen molar-refractivity contribution in [2.24, 2.45) is 0 Å². The molecular formula is C17H18O2. The van der Waals surface area contributed by atoms with Gasteiger partial charge in [-0.25, -0.2) is 0 Å². The molecule has 0 bridgehead atoms. The van der Waals surface area contributed by atoms with Crippen LogP contribution in [0.15, 0.2) is 48.5 Å². The van der Waals surface area contributed by atoms with Crippen molar-refractivity contribution in [3.63, 3.8) is 0 Å². The van der Waals surface area contributed by atoms with Gasteiger partial charge in [-0.05, 0) is 42.5 Å². The van der Waals surface area contributed by atoms with Crippen molar-refractivity contribution in [2.45, 2.75) is 19.8 Å². The Balaban J connectivity index is 2.30. The lowest BCUT2D eigenvalue weighted by molar-refractivity contribution is 0.101. The average Bonchev–Trinajstić information content (AvgIpc) is 2.45. The van der Waals surface area contributed by atoms with E-state index in [4.69, 9.17) is 5.11 Å². The van der Waals surface area contributed by atoms with E-state index in [0.29, 0.717) is 0 Å². The van der Waals surface area contributed by atoms with Crippen LogP contribution in [0.5, 0.6) is 0 Å². The van der Waals surface area contributed by atoms with Crippen LogP contribution < -0.4 is 0 Å². The Morgan fingerprint density at radius 2 is 1.74 bits per heavy atom. The standard InChI is InChI=1S/C17H18O2/c1-13(19)15-7-3-9-17(12-15)16-8-2-5-14(11-16)6-4-10-18/h2-3,5,7-9,11-12,18H,4,6,10H2,1H3. The van der Waals surface area contributed by atoms with Gasteiger partial charge in [-0.1, -0.05) is 42.5 Å². The minimum atomic E-state index is 0.0817. The van der Waals surface area contributed by atoms with Gasteiger partial charge in [0.2, 0.25) is 0 Å². The van der Waals surface area contributed by atoms with Crippen molar-refractivity contribution in [1.29, 1.82) is 0 Å².